The van der Waals surface area contributed by atoms with Crippen LogP contribution in [0.5, 0.6) is 11.5 Å². The summed E-state index contributed by atoms with van der Waals surface area (Å²) < 4.78 is 12.8. The molecule has 2 aliphatic heterocycles. The molecular weight excluding hydrogens is 465 g/mol. The lowest BCUT2D eigenvalue weighted by atomic mass is 10.1. The van der Waals surface area contributed by atoms with Crippen molar-refractivity contribution in [1.82, 2.24) is 0 Å². The van der Waals surface area contributed by atoms with Crippen molar-refractivity contribution in [2.75, 3.05) is 23.0 Å². The summed E-state index contributed by atoms with van der Waals surface area (Å²) in [6.07, 6.45) is 4.20. The number of hydrogen-bond donors (Lipinski definition) is 0. The minimum atomic E-state index is -0.0547. The maximum Gasteiger partial charge on any atom is 0.163 e. The summed E-state index contributed by atoms with van der Waals surface area (Å²) in [5.74, 6) is 1.42. The van der Waals surface area contributed by atoms with E-state index >= 15 is 0 Å². The van der Waals surface area contributed by atoms with E-state index in [0.717, 1.165) is 35.5 Å². The summed E-state index contributed by atoms with van der Waals surface area (Å²) in [7, 11) is 1.67. The molecule has 4 rings (SSSR count). The van der Waals surface area contributed by atoms with Gasteiger partial charge in [-0.1, -0.05) is 47.4 Å². The fourth-order valence-corrected chi connectivity index (χ4v) is 4.27. The van der Waals surface area contributed by atoms with Gasteiger partial charge in [0.25, 0.3) is 0 Å². The van der Waals surface area contributed by atoms with Crippen molar-refractivity contribution in [3.63, 3.8) is 0 Å². The zero-order valence-electron chi connectivity index (χ0n) is 16.0. The predicted octanol–water partition coefficient (Wildman–Crippen LogP) is 6.14. The van der Waals surface area contributed by atoms with Crippen LogP contribution < -0.4 is 14.4 Å². The molecule has 2 aliphatic rings. The quantitative estimate of drug-likeness (QED) is 0.267. The third-order valence-corrected chi connectivity index (χ3v) is 5.93. The number of hydrogen-bond acceptors (Lipinski definition) is 5. The Morgan fingerprint density at radius 3 is 2.86 bits per heavy atom. The standard InChI is InChI=1S/C22H24IN3O2/c1-15-17-13-20(27-2)21(28-11-7-3-6-10-23)14-18(17)24-25-22-12-16-8-4-5-9-19(16)26(15)22/h4-5,8-9,13-14,22H,1,3,6-7,10-12H2,2H3/t22-/m0/s1. The highest BCUT2D eigenvalue weighted by Gasteiger charge is 2.34. The van der Waals surface area contributed by atoms with Gasteiger partial charge in [-0.3, -0.25) is 0 Å². The van der Waals surface area contributed by atoms with Gasteiger partial charge in [0.2, 0.25) is 0 Å². The molecule has 0 aromatic heterocycles. The lowest BCUT2D eigenvalue weighted by Gasteiger charge is -2.25. The number of ether oxygens (including phenoxy) is 2. The van der Waals surface area contributed by atoms with E-state index in [1.165, 1.54) is 22.8 Å². The number of azo groups is 1. The van der Waals surface area contributed by atoms with Crippen LogP contribution in [0.1, 0.15) is 30.4 Å². The number of fused-ring (bicyclic) bond motifs is 4. The summed E-state index contributed by atoms with van der Waals surface area (Å²) in [5, 5.41) is 9.14. The number of anilines is 1. The van der Waals surface area contributed by atoms with Crippen molar-refractivity contribution in [3.8, 4) is 11.5 Å². The van der Waals surface area contributed by atoms with Crippen molar-refractivity contribution in [1.29, 1.82) is 0 Å². The molecule has 6 heteroatoms. The van der Waals surface area contributed by atoms with E-state index in [9.17, 15) is 0 Å². The lowest BCUT2D eigenvalue weighted by molar-refractivity contribution is 0.286. The minimum Gasteiger partial charge on any atom is -0.493 e. The van der Waals surface area contributed by atoms with Gasteiger partial charge < -0.3 is 14.4 Å². The molecule has 0 bridgehead atoms. The van der Waals surface area contributed by atoms with Crippen LogP contribution in [0.2, 0.25) is 0 Å². The van der Waals surface area contributed by atoms with Crippen LogP contribution >= 0.6 is 22.6 Å². The summed E-state index contributed by atoms with van der Waals surface area (Å²) in [6.45, 7) is 5.04. The number of unbranched alkanes of at least 4 members (excludes halogenated alkanes) is 2. The van der Waals surface area contributed by atoms with E-state index in [1.54, 1.807) is 7.11 Å². The number of rotatable bonds is 7. The molecule has 2 aromatic rings. The Morgan fingerprint density at radius 1 is 1.18 bits per heavy atom. The topological polar surface area (TPSA) is 46.4 Å². The smallest absolute Gasteiger partial charge is 0.163 e. The summed E-state index contributed by atoms with van der Waals surface area (Å²) in [4.78, 5) is 2.18. The SMILES string of the molecule is C=C1c2cc(OC)c(OCCCCCI)cc2N=N[C@@H]2Cc3ccccc3N12. The van der Waals surface area contributed by atoms with Crippen molar-refractivity contribution in [2.45, 2.75) is 31.8 Å². The summed E-state index contributed by atoms with van der Waals surface area (Å²) >= 11 is 2.41. The number of benzene rings is 2. The van der Waals surface area contributed by atoms with E-state index in [0.29, 0.717) is 18.1 Å². The van der Waals surface area contributed by atoms with Crippen LogP contribution in [0.25, 0.3) is 5.70 Å². The molecular formula is C22H24IN3O2. The first-order valence-corrected chi connectivity index (χ1v) is 11.1. The number of alkyl halides is 1. The van der Waals surface area contributed by atoms with Gasteiger partial charge in [-0.05, 0) is 41.4 Å². The van der Waals surface area contributed by atoms with Crippen molar-refractivity contribution in [2.24, 2.45) is 10.2 Å². The van der Waals surface area contributed by atoms with Gasteiger partial charge in [0.05, 0.1) is 19.4 Å². The highest BCUT2D eigenvalue weighted by molar-refractivity contribution is 14.1. The monoisotopic (exact) mass is 489 g/mol. The van der Waals surface area contributed by atoms with Gasteiger partial charge in [-0.2, -0.15) is 10.2 Å². The molecule has 0 radical (unpaired) electrons. The molecule has 0 unspecified atom stereocenters. The average molecular weight is 489 g/mol. The maximum atomic E-state index is 5.99. The lowest BCUT2D eigenvalue weighted by Crippen LogP contribution is -2.27. The number of halogens is 1. The van der Waals surface area contributed by atoms with E-state index in [2.05, 4.69) is 62.5 Å². The molecule has 5 nitrogen and oxygen atoms in total. The molecule has 0 fully saturated rings. The molecule has 0 N–H and O–H groups in total. The number of para-hydroxylation sites is 1. The maximum absolute atomic E-state index is 5.99. The molecule has 0 amide bonds. The third kappa shape index (κ3) is 3.62. The molecule has 0 aliphatic carbocycles. The second kappa shape index (κ2) is 8.51. The summed E-state index contributed by atoms with van der Waals surface area (Å²) in [5.41, 5.74) is 5.02. The molecule has 0 saturated carbocycles. The van der Waals surface area contributed by atoms with E-state index < -0.39 is 0 Å². The normalized spacial score (nSPS) is 17.0. The van der Waals surface area contributed by atoms with E-state index in [-0.39, 0.29) is 6.17 Å². The Morgan fingerprint density at radius 2 is 2.04 bits per heavy atom. The number of methoxy groups -OCH3 is 1. The number of nitrogens with zero attached hydrogens (tertiary/aromatic N) is 3. The summed E-state index contributed by atoms with van der Waals surface area (Å²) in [6, 6.07) is 12.3. The first-order valence-electron chi connectivity index (χ1n) is 9.61. The zero-order valence-corrected chi connectivity index (χ0v) is 18.2. The van der Waals surface area contributed by atoms with Crippen LogP contribution in [-0.4, -0.2) is 24.3 Å². The Labute approximate surface area is 179 Å². The first-order chi connectivity index (χ1) is 13.7. The van der Waals surface area contributed by atoms with Crippen molar-refractivity contribution in [3.05, 3.63) is 54.1 Å². The van der Waals surface area contributed by atoms with Crippen LogP contribution in [-0.2, 0) is 6.42 Å². The van der Waals surface area contributed by atoms with Crippen molar-refractivity contribution >= 4 is 39.7 Å². The fourth-order valence-electron chi connectivity index (χ4n) is 3.73. The molecule has 0 spiro atoms. The van der Waals surface area contributed by atoms with Crippen LogP contribution in [0.15, 0.2) is 53.2 Å². The Balaban J connectivity index is 1.62. The van der Waals surface area contributed by atoms with Gasteiger partial charge in [-0.15, -0.1) is 0 Å². The Bertz CT molecular complexity index is 913. The van der Waals surface area contributed by atoms with Gasteiger partial charge in [0.15, 0.2) is 17.7 Å². The highest BCUT2D eigenvalue weighted by Crippen LogP contribution is 2.46. The fraction of sp³-hybridized carbons (Fsp3) is 0.364. The highest BCUT2D eigenvalue weighted by atomic mass is 127. The molecule has 1 atom stereocenters. The van der Waals surface area contributed by atoms with Crippen LogP contribution in [0, 0.1) is 0 Å². The molecule has 0 saturated heterocycles. The van der Waals surface area contributed by atoms with Crippen molar-refractivity contribution < 1.29 is 9.47 Å². The minimum absolute atomic E-state index is 0.0547. The third-order valence-electron chi connectivity index (χ3n) is 5.17. The molecule has 2 heterocycles. The van der Waals surface area contributed by atoms with Crippen LogP contribution in [0.4, 0.5) is 11.4 Å². The molecule has 2 aromatic carbocycles. The van der Waals surface area contributed by atoms with Gasteiger partial charge in [-0.25, -0.2) is 0 Å². The molecule has 146 valence electrons. The molecule has 28 heavy (non-hydrogen) atoms. The second-order valence-corrected chi connectivity index (χ2v) is 8.04. The largest absolute Gasteiger partial charge is 0.493 e. The van der Waals surface area contributed by atoms with Gasteiger partial charge in [0.1, 0.15) is 0 Å². The Kier molecular flexibility index (Phi) is 5.85. The first kappa shape index (κ1) is 19.2. The van der Waals surface area contributed by atoms with E-state index in [1.807, 2.05) is 18.2 Å². The van der Waals surface area contributed by atoms with Gasteiger partial charge >= 0.3 is 0 Å². The Hall–Kier alpha value is -2.09. The van der Waals surface area contributed by atoms with Gasteiger partial charge in [0, 0.05) is 29.4 Å². The average Bonchev–Trinajstić information content (AvgIpc) is 3.03. The van der Waals surface area contributed by atoms with E-state index in [4.69, 9.17) is 9.47 Å². The second-order valence-electron chi connectivity index (χ2n) is 6.96. The zero-order chi connectivity index (χ0) is 19.5. The van der Waals surface area contributed by atoms with Crippen LogP contribution in [0.3, 0.4) is 0 Å². The predicted molar refractivity (Wildman–Crippen MR) is 121 cm³/mol.